The molecule has 1 aliphatic rings. The van der Waals surface area contributed by atoms with E-state index in [1.165, 1.54) is 25.7 Å². The summed E-state index contributed by atoms with van der Waals surface area (Å²) in [6.07, 6.45) is 7.03. The van der Waals surface area contributed by atoms with E-state index in [4.69, 9.17) is 4.74 Å². The summed E-state index contributed by atoms with van der Waals surface area (Å²) in [4.78, 5) is 4.19. The Labute approximate surface area is 98.0 Å². The summed E-state index contributed by atoms with van der Waals surface area (Å²) in [5.74, 6) is 1.45. The van der Waals surface area contributed by atoms with E-state index in [-0.39, 0.29) is 0 Å². The first-order chi connectivity index (χ1) is 7.74. The number of ether oxygens (including phenoxy) is 1. The fourth-order valence-electron chi connectivity index (χ4n) is 2.67. The lowest BCUT2D eigenvalue weighted by molar-refractivity contribution is 0.138. The van der Waals surface area contributed by atoms with Crippen LogP contribution in [0.4, 0.5) is 0 Å². The maximum atomic E-state index is 5.78. The van der Waals surface area contributed by atoms with Crippen molar-refractivity contribution in [1.29, 1.82) is 0 Å². The van der Waals surface area contributed by atoms with Crippen molar-refractivity contribution >= 4 is 0 Å². The van der Waals surface area contributed by atoms with Gasteiger partial charge >= 0.3 is 0 Å². The van der Waals surface area contributed by atoms with Crippen LogP contribution in [-0.4, -0.2) is 11.6 Å². The van der Waals surface area contributed by atoms with E-state index < -0.39 is 0 Å². The number of nitrogens with zero attached hydrogens (tertiary/aromatic N) is 1. The minimum atomic E-state index is 0.481. The smallest absolute Gasteiger partial charge is 0.213 e. The van der Waals surface area contributed by atoms with Gasteiger partial charge in [0.2, 0.25) is 5.88 Å². The lowest BCUT2D eigenvalue weighted by atomic mass is 9.78. The summed E-state index contributed by atoms with van der Waals surface area (Å²) in [5, 5.41) is 0. The van der Waals surface area contributed by atoms with Gasteiger partial charge in [0.25, 0.3) is 0 Å². The monoisotopic (exact) mass is 219 g/mol. The molecule has 0 aromatic carbocycles. The topological polar surface area (TPSA) is 22.1 Å². The molecule has 0 bridgehead atoms. The molecule has 1 aromatic heterocycles. The molecule has 0 saturated heterocycles. The van der Waals surface area contributed by atoms with E-state index in [0.29, 0.717) is 11.3 Å². The van der Waals surface area contributed by atoms with Gasteiger partial charge in [0.1, 0.15) is 0 Å². The summed E-state index contributed by atoms with van der Waals surface area (Å²) < 4.78 is 5.78. The Balaban J connectivity index is 1.91. The third-order valence-electron chi connectivity index (χ3n) is 4.16. The van der Waals surface area contributed by atoms with Crippen LogP contribution in [-0.2, 0) is 0 Å². The summed E-state index contributed by atoms with van der Waals surface area (Å²) in [5.41, 5.74) is 0.481. The molecule has 0 unspecified atom stereocenters. The lowest BCUT2D eigenvalue weighted by Gasteiger charge is -2.30. The van der Waals surface area contributed by atoms with Crippen LogP contribution < -0.4 is 4.74 Å². The van der Waals surface area contributed by atoms with Gasteiger partial charge in [-0.2, -0.15) is 0 Å². The van der Waals surface area contributed by atoms with Crippen LogP contribution in [0.15, 0.2) is 24.4 Å². The molecular formula is C14H21NO. The summed E-state index contributed by atoms with van der Waals surface area (Å²) in [6, 6.07) is 5.81. The minimum Gasteiger partial charge on any atom is -0.477 e. The molecule has 16 heavy (non-hydrogen) atoms. The van der Waals surface area contributed by atoms with Gasteiger partial charge in [-0.3, -0.25) is 0 Å². The first-order valence-electron chi connectivity index (χ1n) is 6.28. The number of rotatable bonds is 4. The fourth-order valence-corrected chi connectivity index (χ4v) is 2.67. The Bertz CT molecular complexity index is 325. The largest absolute Gasteiger partial charge is 0.477 e. The molecule has 1 saturated carbocycles. The SMILES string of the molecule is CC[C@]1(C)CCC[C@@H]1COc1ccccn1. The van der Waals surface area contributed by atoms with Crippen molar-refractivity contribution in [2.24, 2.45) is 11.3 Å². The highest BCUT2D eigenvalue weighted by atomic mass is 16.5. The van der Waals surface area contributed by atoms with Crippen LogP contribution in [0.1, 0.15) is 39.5 Å². The first-order valence-corrected chi connectivity index (χ1v) is 6.28. The molecule has 1 fully saturated rings. The second-order valence-corrected chi connectivity index (χ2v) is 5.08. The van der Waals surface area contributed by atoms with Gasteiger partial charge in [0, 0.05) is 12.3 Å². The molecule has 88 valence electrons. The fraction of sp³-hybridized carbons (Fsp3) is 0.643. The normalized spacial score (nSPS) is 29.2. The average molecular weight is 219 g/mol. The number of pyridine rings is 1. The number of hydrogen-bond acceptors (Lipinski definition) is 2. The molecule has 2 rings (SSSR count). The Hall–Kier alpha value is -1.05. The Morgan fingerprint density at radius 1 is 1.50 bits per heavy atom. The first kappa shape index (κ1) is 11.4. The van der Waals surface area contributed by atoms with Crippen molar-refractivity contribution in [2.45, 2.75) is 39.5 Å². The maximum absolute atomic E-state index is 5.78. The minimum absolute atomic E-state index is 0.481. The van der Waals surface area contributed by atoms with Gasteiger partial charge in [-0.05, 0) is 30.2 Å². The van der Waals surface area contributed by atoms with Crippen LogP contribution in [0.2, 0.25) is 0 Å². The third-order valence-corrected chi connectivity index (χ3v) is 4.16. The molecule has 0 amide bonds. The highest BCUT2D eigenvalue weighted by molar-refractivity contribution is 5.09. The summed E-state index contributed by atoms with van der Waals surface area (Å²) >= 11 is 0. The van der Waals surface area contributed by atoms with Crippen LogP contribution >= 0.6 is 0 Å². The van der Waals surface area contributed by atoms with Crippen LogP contribution in [0.3, 0.4) is 0 Å². The van der Waals surface area contributed by atoms with E-state index in [0.717, 1.165) is 12.5 Å². The van der Waals surface area contributed by atoms with Crippen molar-refractivity contribution in [3.05, 3.63) is 24.4 Å². The van der Waals surface area contributed by atoms with Gasteiger partial charge in [-0.15, -0.1) is 0 Å². The zero-order valence-corrected chi connectivity index (χ0v) is 10.3. The highest BCUT2D eigenvalue weighted by Gasteiger charge is 2.37. The van der Waals surface area contributed by atoms with Crippen LogP contribution in [0.5, 0.6) is 5.88 Å². The molecule has 1 aromatic rings. The molecule has 0 radical (unpaired) electrons. The van der Waals surface area contributed by atoms with E-state index in [1.807, 2.05) is 18.2 Å². The van der Waals surface area contributed by atoms with Crippen LogP contribution in [0, 0.1) is 11.3 Å². The maximum Gasteiger partial charge on any atom is 0.213 e. The molecule has 1 aliphatic carbocycles. The second kappa shape index (κ2) is 4.86. The molecule has 0 N–H and O–H groups in total. The molecule has 1 heterocycles. The molecule has 2 atom stereocenters. The molecular weight excluding hydrogens is 198 g/mol. The van der Waals surface area contributed by atoms with Crippen molar-refractivity contribution in [3.8, 4) is 5.88 Å². The van der Waals surface area contributed by atoms with E-state index >= 15 is 0 Å². The van der Waals surface area contributed by atoms with E-state index in [9.17, 15) is 0 Å². The lowest BCUT2D eigenvalue weighted by Crippen LogP contribution is -2.26. The second-order valence-electron chi connectivity index (χ2n) is 5.08. The van der Waals surface area contributed by atoms with Crippen molar-refractivity contribution in [1.82, 2.24) is 4.98 Å². The molecule has 0 spiro atoms. The van der Waals surface area contributed by atoms with Gasteiger partial charge in [-0.25, -0.2) is 4.98 Å². The predicted octanol–water partition coefficient (Wildman–Crippen LogP) is 3.68. The Kier molecular flexibility index (Phi) is 3.47. The van der Waals surface area contributed by atoms with Crippen molar-refractivity contribution in [2.75, 3.05) is 6.61 Å². The van der Waals surface area contributed by atoms with Gasteiger partial charge in [0.05, 0.1) is 6.61 Å². The van der Waals surface area contributed by atoms with Gasteiger partial charge < -0.3 is 4.74 Å². The molecule has 2 nitrogen and oxygen atoms in total. The summed E-state index contributed by atoms with van der Waals surface area (Å²) in [6.45, 7) is 5.51. The summed E-state index contributed by atoms with van der Waals surface area (Å²) in [7, 11) is 0. The zero-order valence-electron chi connectivity index (χ0n) is 10.3. The number of hydrogen-bond donors (Lipinski definition) is 0. The average Bonchev–Trinajstić information content (AvgIpc) is 2.70. The van der Waals surface area contributed by atoms with Crippen molar-refractivity contribution < 1.29 is 4.74 Å². The predicted molar refractivity (Wildman–Crippen MR) is 65.5 cm³/mol. The highest BCUT2D eigenvalue weighted by Crippen LogP contribution is 2.45. The third kappa shape index (κ3) is 2.37. The Morgan fingerprint density at radius 2 is 2.38 bits per heavy atom. The Morgan fingerprint density at radius 3 is 3.06 bits per heavy atom. The van der Waals surface area contributed by atoms with E-state index in [1.54, 1.807) is 6.20 Å². The standard InChI is InChI=1S/C14H21NO/c1-3-14(2)9-6-7-12(14)11-16-13-8-4-5-10-15-13/h4-5,8,10,12H,3,6-7,9,11H2,1-2H3/t12-,14-/m1/s1. The molecule has 0 aliphatic heterocycles. The van der Waals surface area contributed by atoms with Gasteiger partial charge in [0.15, 0.2) is 0 Å². The van der Waals surface area contributed by atoms with E-state index in [2.05, 4.69) is 18.8 Å². The molecule has 2 heteroatoms. The quantitative estimate of drug-likeness (QED) is 0.770. The van der Waals surface area contributed by atoms with Crippen LogP contribution in [0.25, 0.3) is 0 Å². The number of aromatic nitrogens is 1. The zero-order chi connectivity index (χ0) is 11.4. The van der Waals surface area contributed by atoms with Gasteiger partial charge in [-0.1, -0.05) is 32.8 Å². The van der Waals surface area contributed by atoms with Crippen molar-refractivity contribution in [3.63, 3.8) is 0 Å².